The summed E-state index contributed by atoms with van der Waals surface area (Å²) in [5, 5.41) is 0. The van der Waals surface area contributed by atoms with Crippen LogP contribution in [0.15, 0.2) is 18.2 Å². The van der Waals surface area contributed by atoms with Gasteiger partial charge in [-0.25, -0.2) is 0 Å². The Morgan fingerprint density at radius 1 is 0.913 bits per heavy atom. The fraction of sp³-hybridized carbons (Fsp3) is 0.667. The molecule has 1 aromatic carbocycles. The Kier molecular flexibility index (Phi) is 6.59. The van der Waals surface area contributed by atoms with E-state index in [9.17, 15) is 4.89 Å². The summed E-state index contributed by atoms with van der Waals surface area (Å²) in [6.07, 6.45) is 12.9. The quantitative estimate of drug-likeness (QED) is 0.608. The third-order valence-electron chi connectivity index (χ3n) is 5.39. The average Bonchev–Trinajstić information content (AvgIpc) is 2.63. The molecule has 2 fully saturated rings. The summed E-state index contributed by atoms with van der Waals surface area (Å²) in [6.45, 7) is 0. The Hall–Kier alpha value is -0.340. The molecule has 0 amide bonds. The molecule has 23 heavy (non-hydrogen) atoms. The lowest BCUT2D eigenvalue weighted by atomic mass is 9.79. The number of benzene rings is 1. The second-order valence-electron chi connectivity index (χ2n) is 6.87. The van der Waals surface area contributed by atoms with Crippen LogP contribution in [0.2, 0.25) is 0 Å². The average molecular weight is 357 g/mol. The van der Waals surface area contributed by atoms with E-state index in [2.05, 4.69) is 16.2 Å². The van der Waals surface area contributed by atoms with Crippen molar-refractivity contribution in [1.29, 1.82) is 0 Å². The largest absolute Gasteiger partial charge is 0.426 e. The van der Waals surface area contributed by atoms with Crippen molar-refractivity contribution in [3.8, 4) is 5.75 Å². The molecular formula is C18H26ClO3P. The van der Waals surface area contributed by atoms with E-state index in [0.29, 0.717) is 11.8 Å². The zero-order valence-corrected chi connectivity index (χ0v) is 15.2. The molecule has 1 N–H and O–H groups in total. The van der Waals surface area contributed by atoms with Crippen LogP contribution in [0.1, 0.15) is 87.2 Å². The van der Waals surface area contributed by atoms with E-state index in [1.165, 1.54) is 75.3 Å². The van der Waals surface area contributed by atoms with Crippen molar-refractivity contribution in [3.05, 3.63) is 29.3 Å². The summed E-state index contributed by atoms with van der Waals surface area (Å²) in [4.78, 5) is 9.64. The van der Waals surface area contributed by atoms with E-state index in [4.69, 9.17) is 16.4 Å². The maximum Gasteiger partial charge on any atom is 0.412 e. The fourth-order valence-electron chi connectivity index (χ4n) is 4.17. The molecule has 2 aliphatic carbocycles. The number of rotatable bonds is 5. The molecule has 1 atom stereocenters. The monoisotopic (exact) mass is 356 g/mol. The highest BCUT2D eigenvalue weighted by atomic mass is 35.5. The first-order valence-corrected chi connectivity index (χ1v) is 10.3. The molecule has 1 aromatic rings. The third kappa shape index (κ3) is 4.60. The van der Waals surface area contributed by atoms with Gasteiger partial charge in [-0.3, -0.25) is 0 Å². The van der Waals surface area contributed by atoms with Crippen molar-refractivity contribution < 1.29 is 13.5 Å². The summed E-state index contributed by atoms with van der Waals surface area (Å²) in [5.41, 5.74) is 2.68. The van der Waals surface area contributed by atoms with E-state index in [0.717, 1.165) is 5.75 Å². The molecule has 0 bridgehead atoms. The predicted octanol–water partition coefficient (Wildman–Crippen LogP) is 6.55. The maximum atomic E-state index is 9.64. The first kappa shape index (κ1) is 17.5. The van der Waals surface area contributed by atoms with Crippen molar-refractivity contribution in [2.24, 2.45) is 0 Å². The smallest absolute Gasteiger partial charge is 0.412 e. The molecule has 3 rings (SSSR count). The van der Waals surface area contributed by atoms with E-state index >= 15 is 0 Å². The second-order valence-corrected chi connectivity index (χ2v) is 8.08. The number of halogens is 1. The SMILES string of the molecule is OP(OCl)Oc1ccc(C2CCCCC2)cc1C1CCCCC1. The first-order chi connectivity index (χ1) is 11.3. The molecule has 2 saturated carbocycles. The Bertz CT molecular complexity index is 499. The van der Waals surface area contributed by atoms with E-state index in [1.54, 1.807) is 0 Å². The van der Waals surface area contributed by atoms with Crippen LogP contribution in [-0.2, 0) is 4.08 Å². The zero-order valence-electron chi connectivity index (χ0n) is 13.5. The fourth-order valence-corrected chi connectivity index (χ4v) is 4.62. The van der Waals surface area contributed by atoms with Crippen molar-refractivity contribution in [2.75, 3.05) is 0 Å². The van der Waals surface area contributed by atoms with Gasteiger partial charge in [-0.15, -0.1) is 0 Å². The Labute approximate surface area is 145 Å². The molecular weight excluding hydrogens is 331 g/mol. The molecule has 0 saturated heterocycles. The van der Waals surface area contributed by atoms with Crippen LogP contribution in [0.4, 0.5) is 0 Å². The molecule has 128 valence electrons. The lowest BCUT2D eigenvalue weighted by Crippen LogP contribution is -2.09. The van der Waals surface area contributed by atoms with Crippen molar-refractivity contribution in [1.82, 2.24) is 0 Å². The molecule has 2 aliphatic rings. The molecule has 0 radical (unpaired) electrons. The minimum Gasteiger partial charge on any atom is -0.426 e. The van der Waals surface area contributed by atoms with Crippen LogP contribution in [-0.4, -0.2) is 4.89 Å². The van der Waals surface area contributed by atoms with Crippen molar-refractivity contribution in [2.45, 2.75) is 76.0 Å². The maximum absolute atomic E-state index is 9.64. The summed E-state index contributed by atoms with van der Waals surface area (Å²) in [7, 11) is -2.05. The summed E-state index contributed by atoms with van der Waals surface area (Å²) in [6, 6.07) is 6.50. The highest BCUT2D eigenvalue weighted by molar-refractivity contribution is 7.42. The van der Waals surface area contributed by atoms with E-state index < -0.39 is 8.60 Å². The summed E-state index contributed by atoms with van der Waals surface area (Å²) in [5.74, 6) is 1.95. The van der Waals surface area contributed by atoms with Crippen LogP contribution in [0, 0.1) is 0 Å². The highest BCUT2D eigenvalue weighted by Gasteiger charge is 2.24. The van der Waals surface area contributed by atoms with Crippen LogP contribution in [0.5, 0.6) is 5.75 Å². The number of hydrogen-bond donors (Lipinski definition) is 1. The second kappa shape index (κ2) is 8.67. The van der Waals surface area contributed by atoms with Gasteiger partial charge in [0.2, 0.25) is 0 Å². The van der Waals surface area contributed by atoms with Gasteiger partial charge in [0.25, 0.3) is 0 Å². The minimum absolute atomic E-state index is 0.529. The predicted molar refractivity (Wildman–Crippen MR) is 94.8 cm³/mol. The van der Waals surface area contributed by atoms with Gasteiger partial charge in [-0.1, -0.05) is 50.7 Å². The van der Waals surface area contributed by atoms with Gasteiger partial charge in [0, 0.05) is 0 Å². The zero-order chi connectivity index (χ0) is 16.1. The van der Waals surface area contributed by atoms with Gasteiger partial charge in [0.05, 0.1) is 11.9 Å². The molecule has 3 nitrogen and oxygen atoms in total. The summed E-state index contributed by atoms with van der Waals surface area (Å²) >= 11 is 5.25. The molecule has 1 unspecified atom stereocenters. The molecule has 0 spiro atoms. The molecule has 0 heterocycles. The lowest BCUT2D eigenvalue weighted by Gasteiger charge is -2.27. The standard InChI is InChI=1S/C18H26ClO3P/c19-22-23(20)21-18-12-11-16(14-7-3-1-4-8-14)13-17(18)15-9-5-2-6-10-15/h11-15,20H,1-10H2. The van der Waals surface area contributed by atoms with E-state index in [1.807, 2.05) is 6.07 Å². The third-order valence-corrected chi connectivity index (χ3v) is 6.22. The Balaban J connectivity index is 1.85. The van der Waals surface area contributed by atoms with Crippen LogP contribution >= 0.6 is 20.5 Å². The molecule has 0 aromatic heterocycles. The van der Waals surface area contributed by atoms with Crippen LogP contribution < -0.4 is 4.52 Å². The van der Waals surface area contributed by atoms with E-state index in [-0.39, 0.29) is 0 Å². The van der Waals surface area contributed by atoms with Crippen LogP contribution in [0.25, 0.3) is 0 Å². The lowest BCUT2D eigenvalue weighted by molar-refractivity contribution is 0.384. The Morgan fingerprint density at radius 3 is 2.13 bits per heavy atom. The summed E-state index contributed by atoms with van der Waals surface area (Å²) < 4.78 is 9.97. The highest BCUT2D eigenvalue weighted by Crippen LogP contribution is 2.45. The normalized spacial score (nSPS) is 22.0. The topological polar surface area (TPSA) is 38.7 Å². The van der Waals surface area contributed by atoms with Crippen molar-refractivity contribution in [3.63, 3.8) is 0 Å². The van der Waals surface area contributed by atoms with Gasteiger partial charge in [0.15, 0.2) is 0 Å². The van der Waals surface area contributed by atoms with Gasteiger partial charge >= 0.3 is 8.60 Å². The first-order valence-electron chi connectivity index (χ1n) is 8.87. The number of hydrogen-bond acceptors (Lipinski definition) is 3. The minimum atomic E-state index is -2.05. The Morgan fingerprint density at radius 2 is 1.52 bits per heavy atom. The van der Waals surface area contributed by atoms with Gasteiger partial charge in [-0.2, -0.15) is 4.08 Å². The van der Waals surface area contributed by atoms with Crippen LogP contribution in [0.3, 0.4) is 0 Å². The molecule has 5 heteroatoms. The molecule has 0 aliphatic heterocycles. The van der Waals surface area contributed by atoms with Gasteiger partial charge in [-0.05, 0) is 54.7 Å². The van der Waals surface area contributed by atoms with Crippen molar-refractivity contribution >= 4 is 20.5 Å². The van der Waals surface area contributed by atoms with Gasteiger partial charge in [0.1, 0.15) is 5.75 Å². The van der Waals surface area contributed by atoms with Gasteiger partial charge < -0.3 is 9.42 Å².